The molecule has 0 aromatic heterocycles. The average Bonchev–Trinajstić information content (AvgIpc) is 3.83. The molecular formula is C41H52IN7O8. The number of halogens is 1. The van der Waals surface area contributed by atoms with Crippen molar-refractivity contribution in [2.24, 2.45) is 5.92 Å². The van der Waals surface area contributed by atoms with Gasteiger partial charge < -0.3 is 40.7 Å². The number of hydrogen-bond donors (Lipinski definition) is 4. The minimum Gasteiger partial charge on any atom is -0.458 e. The van der Waals surface area contributed by atoms with Gasteiger partial charge in [-0.2, -0.15) is 0 Å². The van der Waals surface area contributed by atoms with E-state index in [9.17, 15) is 33.6 Å². The summed E-state index contributed by atoms with van der Waals surface area (Å²) in [4.78, 5) is 103. The second-order valence-corrected chi connectivity index (χ2v) is 17.0. The van der Waals surface area contributed by atoms with Crippen LogP contribution in [0.1, 0.15) is 70.4 Å². The zero-order valence-electron chi connectivity index (χ0n) is 32.8. The molecule has 2 aromatic carbocycles. The molecule has 8 atom stereocenters. The Hall–Kier alpha value is -4.74. The van der Waals surface area contributed by atoms with Crippen molar-refractivity contribution in [2.75, 3.05) is 25.0 Å². The molecule has 4 heterocycles. The molecule has 0 spiro atoms. The van der Waals surface area contributed by atoms with Crippen LogP contribution in [0.4, 0.5) is 10.5 Å². The summed E-state index contributed by atoms with van der Waals surface area (Å²) in [5.41, 5.74) is 2.22. The van der Waals surface area contributed by atoms with Crippen LogP contribution >= 0.6 is 22.6 Å². The van der Waals surface area contributed by atoms with Crippen molar-refractivity contribution < 1.29 is 38.3 Å². The van der Waals surface area contributed by atoms with E-state index in [4.69, 9.17) is 4.74 Å². The number of rotatable bonds is 6. The van der Waals surface area contributed by atoms with Crippen LogP contribution in [0.2, 0.25) is 0 Å². The van der Waals surface area contributed by atoms with Crippen LogP contribution < -0.4 is 21.3 Å². The molecule has 0 unspecified atom stereocenters. The first-order valence-corrected chi connectivity index (χ1v) is 20.9. The summed E-state index contributed by atoms with van der Waals surface area (Å²) in [5.74, 6) is -3.46. The van der Waals surface area contributed by atoms with Crippen LogP contribution in [0.25, 0.3) is 0 Å². The number of anilines is 1. The fourth-order valence-electron chi connectivity index (χ4n) is 8.36. The monoisotopic (exact) mass is 897 g/mol. The van der Waals surface area contributed by atoms with Crippen molar-refractivity contribution in [3.63, 3.8) is 0 Å². The molecule has 7 amide bonds. The molecule has 4 aliphatic rings. The first-order valence-electron chi connectivity index (χ1n) is 19.8. The van der Waals surface area contributed by atoms with Gasteiger partial charge in [-0.15, -0.1) is 0 Å². The number of cyclic esters (lactones) is 1. The predicted molar refractivity (Wildman–Crippen MR) is 218 cm³/mol. The molecule has 57 heavy (non-hydrogen) atoms. The topological polar surface area (TPSA) is 187 Å². The normalized spacial score (nSPS) is 27.8. The van der Waals surface area contributed by atoms with Crippen molar-refractivity contribution >= 4 is 69.8 Å². The maximum Gasteiger partial charge on any atom is 0.329 e. The standard InChI is InChI=1S/C41H52IN7O8/c1-23-9-7-10-27(19-23)21-30(45-41(56)44-29-15-13-28(42)14-16-29)35(50)46-34-26(4)57-40(55)33-20-24(2)22-49(33)37(52)25(3)43-36(51)31-11-5-6-17-47(31)38(53)32-12-8-18-48(32)39(34)54/h7,9-10,13-16,19,24-26,30-34H,5-6,8,11-12,17-18,20-22H2,1-4H3,(H,43,51)(H,46,50)(H2,44,45,56)/t24-,25+,26+,30+,31+,32+,33+,34+/m1/s1. The lowest BCUT2D eigenvalue weighted by molar-refractivity contribution is -0.163. The number of carbonyl (C=O) groups excluding carboxylic acids is 7. The first-order chi connectivity index (χ1) is 27.2. The van der Waals surface area contributed by atoms with E-state index in [1.165, 1.54) is 21.6 Å². The number of hydrogen-bond acceptors (Lipinski definition) is 8. The van der Waals surface area contributed by atoms with Crippen LogP contribution in [0, 0.1) is 16.4 Å². The van der Waals surface area contributed by atoms with Gasteiger partial charge in [0.2, 0.25) is 29.5 Å². The molecule has 306 valence electrons. The lowest BCUT2D eigenvalue weighted by Crippen LogP contribution is -2.63. The highest BCUT2D eigenvalue weighted by molar-refractivity contribution is 14.1. The van der Waals surface area contributed by atoms with Crippen molar-refractivity contribution in [1.29, 1.82) is 0 Å². The van der Waals surface area contributed by atoms with Crippen LogP contribution in [-0.2, 0) is 39.9 Å². The Labute approximate surface area is 346 Å². The van der Waals surface area contributed by atoms with E-state index in [0.717, 1.165) is 14.7 Å². The van der Waals surface area contributed by atoms with Crippen molar-refractivity contribution in [1.82, 2.24) is 30.7 Å². The molecule has 0 radical (unpaired) electrons. The number of carbonyl (C=O) groups is 7. The zero-order chi connectivity index (χ0) is 41.0. The number of amides is 7. The molecule has 6 rings (SSSR count). The second kappa shape index (κ2) is 18.2. The Morgan fingerprint density at radius 2 is 1.56 bits per heavy atom. The Bertz CT molecular complexity index is 1880. The Kier molecular flexibility index (Phi) is 13.4. The van der Waals surface area contributed by atoms with E-state index in [0.29, 0.717) is 50.8 Å². The number of aryl methyl sites for hydroxylation is 1. The number of urea groups is 1. The van der Waals surface area contributed by atoms with Gasteiger partial charge in [0.1, 0.15) is 42.4 Å². The molecule has 0 saturated carbocycles. The SMILES string of the molecule is Cc1cccc(C[C@H](NC(=O)Nc2ccc(I)cc2)C(=O)N[C@@H]2C(=O)N3CCC[C@H]3C(=O)N3CCCC[C@H]3C(=O)N[C@@H](C)C(=O)N3C[C@H](C)C[C@H]3C(=O)O[C@H]2C)c1. The van der Waals surface area contributed by atoms with Crippen LogP contribution in [-0.4, -0.2) is 118 Å². The molecule has 2 aromatic rings. The summed E-state index contributed by atoms with van der Waals surface area (Å²) < 4.78 is 6.94. The summed E-state index contributed by atoms with van der Waals surface area (Å²) in [6.45, 7) is 7.66. The highest BCUT2D eigenvalue weighted by Gasteiger charge is 2.47. The summed E-state index contributed by atoms with van der Waals surface area (Å²) in [6, 6.07) is 7.60. The van der Waals surface area contributed by atoms with Crippen molar-refractivity contribution in [3.8, 4) is 0 Å². The molecule has 4 fully saturated rings. The minimum absolute atomic E-state index is 0.0557. The Morgan fingerprint density at radius 3 is 2.30 bits per heavy atom. The summed E-state index contributed by atoms with van der Waals surface area (Å²) in [5, 5.41) is 11.1. The fraction of sp³-hybridized carbons (Fsp3) is 0.537. The largest absolute Gasteiger partial charge is 0.458 e. The molecule has 15 nitrogen and oxygen atoms in total. The van der Waals surface area contributed by atoms with Crippen molar-refractivity contribution in [2.45, 2.75) is 115 Å². The van der Waals surface area contributed by atoms with E-state index in [1.54, 1.807) is 19.1 Å². The Balaban J connectivity index is 1.33. The van der Waals surface area contributed by atoms with E-state index >= 15 is 0 Å². The maximum atomic E-state index is 14.7. The number of benzene rings is 2. The number of piperidine rings is 1. The van der Waals surface area contributed by atoms with Crippen LogP contribution in [0.5, 0.6) is 0 Å². The molecule has 4 N–H and O–H groups in total. The summed E-state index contributed by atoms with van der Waals surface area (Å²) in [7, 11) is 0. The molecule has 0 aliphatic carbocycles. The van der Waals surface area contributed by atoms with Gasteiger partial charge in [0, 0.05) is 35.3 Å². The van der Waals surface area contributed by atoms with E-state index < -0.39 is 78.0 Å². The average molecular weight is 898 g/mol. The second-order valence-electron chi connectivity index (χ2n) is 15.8. The maximum absolute atomic E-state index is 14.7. The zero-order valence-corrected chi connectivity index (χ0v) is 35.0. The van der Waals surface area contributed by atoms with E-state index in [2.05, 4.69) is 43.9 Å². The summed E-state index contributed by atoms with van der Waals surface area (Å²) in [6.07, 6.45) is 1.75. The lowest BCUT2D eigenvalue weighted by atomic mass is 9.99. The van der Waals surface area contributed by atoms with Crippen LogP contribution in [0.15, 0.2) is 48.5 Å². The van der Waals surface area contributed by atoms with Gasteiger partial charge in [0.25, 0.3) is 0 Å². The Morgan fingerprint density at radius 1 is 0.860 bits per heavy atom. The number of fused-ring (bicyclic) bond motifs is 3. The van der Waals surface area contributed by atoms with Gasteiger partial charge >= 0.3 is 12.0 Å². The summed E-state index contributed by atoms with van der Waals surface area (Å²) >= 11 is 2.16. The number of esters is 1. The van der Waals surface area contributed by atoms with Gasteiger partial charge in [-0.1, -0.05) is 36.8 Å². The molecular weight excluding hydrogens is 845 g/mol. The number of nitrogens with zero attached hydrogens (tertiary/aromatic N) is 3. The van der Waals surface area contributed by atoms with E-state index in [1.807, 2.05) is 50.2 Å². The van der Waals surface area contributed by atoms with Gasteiger partial charge in [-0.05, 0) is 118 Å². The van der Waals surface area contributed by atoms with Crippen LogP contribution in [0.3, 0.4) is 0 Å². The highest BCUT2D eigenvalue weighted by atomic mass is 127. The number of ether oxygens (including phenoxy) is 1. The van der Waals surface area contributed by atoms with Gasteiger partial charge in [0.15, 0.2) is 0 Å². The third kappa shape index (κ3) is 9.87. The predicted octanol–water partition coefficient (Wildman–Crippen LogP) is 2.88. The van der Waals surface area contributed by atoms with Gasteiger partial charge in [-0.3, -0.25) is 24.0 Å². The fourth-order valence-corrected chi connectivity index (χ4v) is 8.72. The van der Waals surface area contributed by atoms with Gasteiger partial charge in [0.05, 0.1) is 0 Å². The molecule has 16 heteroatoms. The third-order valence-corrected chi connectivity index (χ3v) is 12.0. The number of nitrogens with one attached hydrogen (secondary N) is 4. The van der Waals surface area contributed by atoms with Crippen molar-refractivity contribution in [3.05, 3.63) is 63.2 Å². The van der Waals surface area contributed by atoms with Gasteiger partial charge in [-0.25, -0.2) is 9.59 Å². The highest BCUT2D eigenvalue weighted by Crippen LogP contribution is 2.29. The minimum atomic E-state index is -1.47. The molecule has 0 bridgehead atoms. The third-order valence-electron chi connectivity index (χ3n) is 11.3. The van der Waals surface area contributed by atoms with E-state index in [-0.39, 0.29) is 31.3 Å². The smallest absolute Gasteiger partial charge is 0.329 e. The molecule has 4 saturated heterocycles. The lowest BCUT2D eigenvalue weighted by Gasteiger charge is -2.39. The first kappa shape index (κ1) is 41.9. The quantitative estimate of drug-likeness (QED) is 0.252. The molecule has 4 aliphatic heterocycles.